The highest BCUT2D eigenvalue weighted by Crippen LogP contribution is 2.32. The highest BCUT2D eigenvalue weighted by atomic mass is 32.2. The minimum atomic E-state index is -4.43. The Kier molecular flexibility index (Phi) is 3.92. The summed E-state index contributed by atoms with van der Waals surface area (Å²) < 4.78 is 31.6. The van der Waals surface area contributed by atoms with Crippen LogP contribution in [0.4, 0.5) is 11.4 Å². The van der Waals surface area contributed by atoms with Crippen molar-refractivity contribution in [3.63, 3.8) is 0 Å². The van der Waals surface area contributed by atoms with Gasteiger partial charge in [0.05, 0.1) is 16.3 Å². The predicted octanol–water partition coefficient (Wildman–Crippen LogP) is 3.91. The van der Waals surface area contributed by atoms with Crippen molar-refractivity contribution in [1.82, 2.24) is 0 Å². The van der Waals surface area contributed by atoms with Gasteiger partial charge in [0.2, 0.25) is 0 Å². The fraction of sp³-hybridized carbons (Fsp3) is 0. The Hall–Kier alpha value is -2.97. The lowest BCUT2D eigenvalue weighted by Crippen LogP contribution is -1.97. The number of rotatable bonds is 3. The molecule has 3 aromatic carbocycles. The van der Waals surface area contributed by atoms with Crippen LogP contribution in [0.3, 0.4) is 0 Å². The van der Waals surface area contributed by atoms with Crippen molar-refractivity contribution < 1.29 is 23.2 Å². The van der Waals surface area contributed by atoms with Crippen LogP contribution in [0.25, 0.3) is 10.8 Å². The van der Waals surface area contributed by atoms with Crippen LogP contribution in [0.2, 0.25) is 0 Å². The number of aromatic hydroxyl groups is 2. The molecule has 122 valence electrons. The van der Waals surface area contributed by atoms with Crippen LogP contribution < -0.4 is 0 Å². The van der Waals surface area contributed by atoms with E-state index in [0.29, 0.717) is 22.1 Å². The summed E-state index contributed by atoms with van der Waals surface area (Å²) in [5.41, 5.74) is 0.963. The van der Waals surface area contributed by atoms with Crippen LogP contribution in [0.5, 0.6) is 11.5 Å². The molecule has 8 heteroatoms. The molecule has 0 heterocycles. The fourth-order valence-electron chi connectivity index (χ4n) is 2.16. The third-order valence-electron chi connectivity index (χ3n) is 3.32. The van der Waals surface area contributed by atoms with E-state index in [9.17, 15) is 18.6 Å². The van der Waals surface area contributed by atoms with Crippen LogP contribution in [0.1, 0.15) is 0 Å². The summed E-state index contributed by atoms with van der Waals surface area (Å²) in [6.45, 7) is 0. The first-order valence-electron chi connectivity index (χ1n) is 6.78. The zero-order valence-electron chi connectivity index (χ0n) is 12.2. The lowest BCUT2D eigenvalue weighted by molar-refractivity contribution is 0.471. The van der Waals surface area contributed by atoms with E-state index in [1.165, 1.54) is 24.3 Å². The second-order valence-corrected chi connectivity index (χ2v) is 6.46. The molecule has 3 N–H and O–H groups in total. The van der Waals surface area contributed by atoms with Gasteiger partial charge in [-0.25, -0.2) is 0 Å². The third-order valence-corrected chi connectivity index (χ3v) is 4.15. The fourth-order valence-corrected chi connectivity index (χ4v) is 2.69. The lowest BCUT2D eigenvalue weighted by Gasteiger charge is -2.05. The van der Waals surface area contributed by atoms with E-state index in [2.05, 4.69) is 10.2 Å². The highest BCUT2D eigenvalue weighted by molar-refractivity contribution is 7.85. The Balaban J connectivity index is 2.02. The van der Waals surface area contributed by atoms with Gasteiger partial charge in [0.15, 0.2) is 0 Å². The first-order chi connectivity index (χ1) is 11.3. The van der Waals surface area contributed by atoms with Gasteiger partial charge in [-0.05, 0) is 53.9 Å². The zero-order valence-corrected chi connectivity index (χ0v) is 13.0. The van der Waals surface area contributed by atoms with Gasteiger partial charge in [-0.2, -0.15) is 18.6 Å². The Labute approximate surface area is 137 Å². The molecule has 0 fully saturated rings. The normalized spacial score (nSPS) is 12.0. The van der Waals surface area contributed by atoms with Gasteiger partial charge in [0.1, 0.15) is 11.5 Å². The summed E-state index contributed by atoms with van der Waals surface area (Å²) in [5, 5.41) is 27.9. The molecule has 0 aliphatic carbocycles. The lowest BCUT2D eigenvalue weighted by atomic mass is 10.1. The average Bonchev–Trinajstić information content (AvgIpc) is 2.53. The molecule has 24 heavy (non-hydrogen) atoms. The van der Waals surface area contributed by atoms with Crippen LogP contribution in [-0.4, -0.2) is 23.2 Å². The number of hydrogen-bond donors (Lipinski definition) is 3. The van der Waals surface area contributed by atoms with Gasteiger partial charge in [0, 0.05) is 11.5 Å². The average molecular weight is 344 g/mol. The number of phenols is 2. The van der Waals surface area contributed by atoms with E-state index in [-0.39, 0.29) is 11.5 Å². The number of nitrogens with zero attached hydrogens (tertiary/aromatic N) is 2. The summed E-state index contributed by atoms with van der Waals surface area (Å²) in [6.07, 6.45) is 0. The van der Waals surface area contributed by atoms with Gasteiger partial charge in [-0.15, -0.1) is 0 Å². The topological polar surface area (TPSA) is 120 Å². The monoisotopic (exact) mass is 344 g/mol. The van der Waals surface area contributed by atoms with Crippen molar-refractivity contribution in [1.29, 1.82) is 0 Å². The van der Waals surface area contributed by atoms with Crippen LogP contribution in [-0.2, 0) is 10.1 Å². The maximum absolute atomic E-state index is 11.2. The molecule has 0 aromatic heterocycles. The van der Waals surface area contributed by atoms with E-state index >= 15 is 0 Å². The molecule has 0 spiro atoms. The number of benzene rings is 3. The molecule has 0 amide bonds. The van der Waals surface area contributed by atoms with Gasteiger partial charge in [-0.3, -0.25) is 4.55 Å². The molecular weight excluding hydrogens is 332 g/mol. The molecule has 0 radical (unpaired) electrons. The van der Waals surface area contributed by atoms with Crippen molar-refractivity contribution in [2.45, 2.75) is 4.90 Å². The summed E-state index contributed by atoms with van der Waals surface area (Å²) in [7, 11) is -4.43. The smallest absolute Gasteiger partial charge is 0.294 e. The Morgan fingerprint density at radius 2 is 1.42 bits per heavy atom. The minimum absolute atomic E-state index is 0.118. The minimum Gasteiger partial charge on any atom is -0.508 e. The predicted molar refractivity (Wildman–Crippen MR) is 87.7 cm³/mol. The Morgan fingerprint density at radius 3 is 2.08 bits per heavy atom. The second kappa shape index (κ2) is 5.91. The molecule has 0 aliphatic heterocycles. The molecule has 0 atom stereocenters. The molecule has 3 aromatic rings. The number of phenolic OH excluding ortho intramolecular Hbond substituents is 2. The largest absolute Gasteiger partial charge is 0.508 e. The molecule has 0 unspecified atom stereocenters. The number of fused-ring (bicyclic) bond motifs is 1. The van der Waals surface area contributed by atoms with Crippen LogP contribution >= 0.6 is 0 Å². The van der Waals surface area contributed by atoms with Crippen LogP contribution in [0.15, 0.2) is 69.7 Å². The van der Waals surface area contributed by atoms with Gasteiger partial charge in [-0.1, -0.05) is 0 Å². The van der Waals surface area contributed by atoms with E-state index in [4.69, 9.17) is 4.55 Å². The van der Waals surface area contributed by atoms with Gasteiger partial charge < -0.3 is 10.2 Å². The Morgan fingerprint density at radius 1 is 0.792 bits per heavy atom. The van der Waals surface area contributed by atoms with E-state index in [1.54, 1.807) is 24.3 Å². The quantitative estimate of drug-likeness (QED) is 0.491. The maximum atomic E-state index is 11.2. The summed E-state index contributed by atoms with van der Waals surface area (Å²) in [6, 6.07) is 13.1. The molecule has 0 aliphatic rings. The molecule has 0 saturated carbocycles. The van der Waals surface area contributed by atoms with Crippen molar-refractivity contribution >= 4 is 32.3 Å². The SMILES string of the molecule is O=S(=O)(O)c1cc(O)c2ccc(N=Nc3ccc(O)cc3)cc2c1. The zero-order chi connectivity index (χ0) is 17.3. The van der Waals surface area contributed by atoms with Gasteiger partial charge in [0.25, 0.3) is 10.1 Å². The molecule has 0 saturated heterocycles. The number of azo groups is 1. The van der Waals surface area contributed by atoms with E-state index in [0.717, 1.165) is 6.07 Å². The standard InChI is InChI=1S/C16H12N2O5S/c19-13-4-1-11(2-5-13)17-18-12-3-6-15-10(7-12)8-14(9-16(15)20)24(21,22)23/h1-9,19-20H,(H,21,22,23). The molecular formula is C16H12N2O5S. The second-order valence-electron chi connectivity index (χ2n) is 5.04. The van der Waals surface area contributed by atoms with Crippen molar-refractivity contribution in [2.24, 2.45) is 10.2 Å². The number of hydrogen-bond acceptors (Lipinski definition) is 6. The van der Waals surface area contributed by atoms with E-state index < -0.39 is 15.0 Å². The summed E-state index contributed by atoms with van der Waals surface area (Å²) in [5.74, 6) is -0.143. The summed E-state index contributed by atoms with van der Waals surface area (Å²) in [4.78, 5) is -0.403. The van der Waals surface area contributed by atoms with Crippen molar-refractivity contribution in [2.75, 3.05) is 0 Å². The van der Waals surface area contributed by atoms with Crippen molar-refractivity contribution in [3.05, 3.63) is 54.6 Å². The van der Waals surface area contributed by atoms with Crippen molar-refractivity contribution in [3.8, 4) is 11.5 Å². The maximum Gasteiger partial charge on any atom is 0.294 e. The Bertz CT molecular complexity index is 1040. The molecule has 7 nitrogen and oxygen atoms in total. The summed E-state index contributed by atoms with van der Waals surface area (Å²) >= 11 is 0. The van der Waals surface area contributed by atoms with Gasteiger partial charge >= 0.3 is 0 Å². The highest BCUT2D eigenvalue weighted by Gasteiger charge is 2.13. The van der Waals surface area contributed by atoms with Crippen LogP contribution in [0, 0.1) is 0 Å². The first-order valence-corrected chi connectivity index (χ1v) is 8.22. The third kappa shape index (κ3) is 3.34. The van der Waals surface area contributed by atoms with E-state index in [1.807, 2.05) is 0 Å². The molecule has 3 rings (SSSR count). The first kappa shape index (κ1) is 15.9. The molecule has 0 bridgehead atoms.